The predicted octanol–water partition coefficient (Wildman–Crippen LogP) is 2.07. The van der Waals surface area contributed by atoms with Crippen molar-refractivity contribution < 1.29 is 18.9 Å². The van der Waals surface area contributed by atoms with Crippen LogP contribution < -0.4 is 0 Å². The van der Waals surface area contributed by atoms with E-state index in [0.717, 1.165) is 12.8 Å². The fraction of sp³-hybridized carbons (Fsp3) is 1.00. The Morgan fingerprint density at radius 2 is 1.62 bits per heavy atom. The SMILES string of the molecule is CCCCCCC12OCCOC1OCCO2. The topological polar surface area (TPSA) is 36.9 Å². The van der Waals surface area contributed by atoms with Crippen molar-refractivity contribution in [2.45, 2.75) is 51.1 Å². The molecule has 0 bridgehead atoms. The highest BCUT2D eigenvalue weighted by molar-refractivity contribution is 4.80. The molecule has 0 unspecified atom stereocenters. The molecule has 0 spiro atoms. The lowest BCUT2D eigenvalue weighted by molar-refractivity contribution is -0.412. The summed E-state index contributed by atoms with van der Waals surface area (Å²) in [7, 11) is 0. The molecule has 0 aliphatic carbocycles. The van der Waals surface area contributed by atoms with Crippen molar-refractivity contribution in [1.29, 1.82) is 0 Å². The Labute approximate surface area is 97.2 Å². The normalized spacial score (nSPS) is 34.7. The predicted molar refractivity (Wildman–Crippen MR) is 59.1 cm³/mol. The first-order valence-corrected chi connectivity index (χ1v) is 6.38. The number of fused-ring (bicyclic) bond motifs is 1. The van der Waals surface area contributed by atoms with Gasteiger partial charge in [0.1, 0.15) is 0 Å². The first-order valence-electron chi connectivity index (χ1n) is 6.38. The Morgan fingerprint density at radius 1 is 0.938 bits per heavy atom. The van der Waals surface area contributed by atoms with E-state index in [0.29, 0.717) is 26.4 Å². The highest BCUT2D eigenvalue weighted by Crippen LogP contribution is 2.33. The quantitative estimate of drug-likeness (QED) is 0.678. The molecule has 2 saturated heterocycles. The summed E-state index contributed by atoms with van der Waals surface area (Å²) in [6.45, 7) is 4.62. The number of hydrogen-bond donors (Lipinski definition) is 0. The molecule has 94 valence electrons. The fourth-order valence-corrected chi connectivity index (χ4v) is 2.28. The summed E-state index contributed by atoms with van der Waals surface area (Å²) in [5.74, 6) is -0.621. The Hall–Kier alpha value is -0.160. The monoisotopic (exact) mass is 230 g/mol. The number of ether oxygens (including phenoxy) is 4. The molecule has 0 aromatic carbocycles. The standard InChI is InChI=1S/C12H22O4/c1-2-3-4-5-6-12-11(13-7-9-15-12)14-8-10-16-12/h11H,2-10H2,1H3. The second-order valence-electron chi connectivity index (χ2n) is 4.39. The third kappa shape index (κ3) is 2.74. The van der Waals surface area contributed by atoms with Crippen molar-refractivity contribution in [3.63, 3.8) is 0 Å². The lowest BCUT2D eigenvalue weighted by atomic mass is 10.0. The summed E-state index contributed by atoms with van der Waals surface area (Å²) in [4.78, 5) is 0. The van der Waals surface area contributed by atoms with Gasteiger partial charge in [-0.1, -0.05) is 26.2 Å². The zero-order valence-corrected chi connectivity index (χ0v) is 10.1. The van der Waals surface area contributed by atoms with Gasteiger partial charge in [0, 0.05) is 6.42 Å². The van der Waals surface area contributed by atoms with Gasteiger partial charge in [0.05, 0.1) is 26.4 Å². The highest BCUT2D eigenvalue weighted by atomic mass is 16.8. The van der Waals surface area contributed by atoms with Crippen molar-refractivity contribution in [3.05, 3.63) is 0 Å². The van der Waals surface area contributed by atoms with Crippen LogP contribution >= 0.6 is 0 Å². The van der Waals surface area contributed by atoms with E-state index in [2.05, 4.69) is 6.92 Å². The molecule has 0 radical (unpaired) electrons. The summed E-state index contributed by atoms with van der Waals surface area (Å²) in [6.07, 6.45) is 5.39. The van der Waals surface area contributed by atoms with Crippen molar-refractivity contribution in [2.24, 2.45) is 0 Å². The van der Waals surface area contributed by atoms with Crippen molar-refractivity contribution in [2.75, 3.05) is 26.4 Å². The fourth-order valence-electron chi connectivity index (χ4n) is 2.28. The van der Waals surface area contributed by atoms with Gasteiger partial charge in [-0.2, -0.15) is 0 Å². The van der Waals surface area contributed by atoms with Crippen LogP contribution in [0.3, 0.4) is 0 Å². The van der Waals surface area contributed by atoms with Crippen LogP contribution in [0.15, 0.2) is 0 Å². The molecule has 2 fully saturated rings. The summed E-state index contributed by atoms with van der Waals surface area (Å²) in [5.41, 5.74) is 0. The van der Waals surface area contributed by atoms with Gasteiger partial charge in [0.2, 0.25) is 12.1 Å². The largest absolute Gasteiger partial charge is 0.345 e. The summed E-state index contributed by atoms with van der Waals surface area (Å²) in [5, 5.41) is 0. The minimum atomic E-state index is -0.621. The molecule has 16 heavy (non-hydrogen) atoms. The van der Waals surface area contributed by atoms with Gasteiger partial charge >= 0.3 is 0 Å². The van der Waals surface area contributed by atoms with Crippen LogP contribution in [0, 0.1) is 0 Å². The van der Waals surface area contributed by atoms with Crippen LogP contribution in [0.4, 0.5) is 0 Å². The van der Waals surface area contributed by atoms with E-state index in [1.54, 1.807) is 0 Å². The molecule has 2 aliphatic rings. The average Bonchev–Trinajstić information content (AvgIpc) is 2.35. The minimum Gasteiger partial charge on any atom is -0.345 e. The van der Waals surface area contributed by atoms with Crippen molar-refractivity contribution >= 4 is 0 Å². The molecule has 0 amide bonds. The van der Waals surface area contributed by atoms with E-state index in [9.17, 15) is 0 Å². The van der Waals surface area contributed by atoms with E-state index in [1.807, 2.05) is 0 Å². The van der Waals surface area contributed by atoms with Gasteiger partial charge in [-0.25, -0.2) is 0 Å². The number of rotatable bonds is 5. The molecular formula is C12H22O4. The zero-order valence-electron chi connectivity index (χ0n) is 10.1. The summed E-state index contributed by atoms with van der Waals surface area (Å²) < 4.78 is 22.7. The highest BCUT2D eigenvalue weighted by Gasteiger charge is 2.47. The molecule has 2 aliphatic heterocycles. The van der Waals surface area contributed by atoms with E-state index >= 15 is 0 Å². The van der Waals surface area contributed by atoms with Gasteiger partial charge in [-0.15, -0.1) is 0 Å². The molecule has 0 atom stereocenters. The van der Waals surface area contributed by atoms with Crippen LogP contribution in [0.5, 0.6) is 0 Å². The second kappa shape index (κ2) is 5.96. The van der Waals surface area contributed by atoms with E-state index in [4.69, 9.17) is 18.9 Å². The first kappa shape index (κ1) is 12.3. The molecule has 2 heterocycles. The maximum absolute atomic E-state index is 5.78. The Bertz CT molecular complexity index is 195. The lowest BCUT2D eigenvalue weighted by Gasteiger charge is -2.45. The van der Waals surface area contributed by atoms with E-state index in [1.165, 1.54) is 19.3 Å². The third-order valence-electron chi connectivity index (χ3n) is 3.14. The van der Waals surface area contributed by atoms with Crippen LogP contribution in [0.2, 0.25) is 0 Å². The summed E-state index contributed by atoms with van der Waals surface area (Å²) >= 11 is 0. The van der Waals surface area contributed by atoms with Crippen LogP contribution in [-0.2, 0) is 18.9 Å². The summed E-state index contributed by atoms with van der Waals surface area (Å²) in [6, 6.07) is 0. The first-order chi connectivity index (χ1) is 7.87. The maximum atomic E-state index is 5.78. The second-order valence-corrected chi connectivity index (χ2v) is 4.39. The molecule has 0 aromatic heterocycles. The van der Waals surface area contributed by atoms with E-state index < -0.39 is 5.79 Å². The van der Waals surface area contributed by atoms with Gasteiger partial charge in [-0.3, -0.25) is 0 Å². The molecule has 0 aromatic rings. The zero-order chi connectivity index (χ0) is 11.3. The molecule has 4 heteroatoms. The van der Waals surface area contributed by atoms with Crippen LogP contribution in [-0.4, -0.2) is 38.5 Å². The maximum Gasteiger partial charge on any atom is 0.220 e. The van der Waals surface area contributed by atoms with E-state index in [-0.39, 0.29) is 6.29 Å². The molecule has 0 saturated carbocycles. The third-order valence-corrected chi connectivity index (χ3v) is 3.14. The van der Waals surface area contributed by atoms with Crippen molar-refractivity contribution in [3.8, 4) is 0 Å². The van der Waals surface area contributed by atoms with Crippen LogP contribution in [0.1, 0.15) is 39.0 Å². The number of hydrogen-bond acceptors (Lipinski definition) is 4. The van der Waals surface area contributed by atoms with Crippen molar-refractivity contribution in [1.82, 2.24) is 0 Å². The van der Waals surface area contributed by atoms with Gasteiger partial charge in [-0.05, 0) is 6.42 Å². The van der Waals surface area contributed by atoms with Gasteiger partial charge in [0.15, 0.2) is 0 Å². The van der Waals surface area contributed by atoms with Gasteiger partial charge in [0.25, 0.3) is 0 Å². The Kier molecular flexibility index (Phi) is 4.58. The molecule has 2 rings (SSSR count). The molecule has 0 N–H and O–H groups in total. The Balaban J connectivity index is 1.85. The lowest BCUT2D eigenvalue weighted by Crippen LogP contribution is -2.57. The average molecular weight is 230 g/mol. The minimum absolute atomic E-state index is 0.323. The molecular weight excluding hydrogens is 208 g/mol. The molecule has 4 nitrogen and oxygen atoms in total. The Morgan fingerprint density at radius 3 is 2.25 bits per heavy atom. The number of unbranched alkanes of at least 4 members (excludes halogenated alkanes) is 3. The smallest absolute Gasteiger partial charge is 0.220 e. The van der Waals surface area contributed by atoms with Crippen LogP contribution in [0.25, 0.3) is 0 Å². The van der Waals surface area contributed by atoms with Gasteiger partial charge < -0.3 is 18.9 Å².